The van der Waals surface area contributed by atoms with Gasteiger partial charge in [0.2, 0.25) is 0 Å². The van der Waals surface area contributed by atoms with E-state index in [1.54, 1.807) is 0 Å². The zero-order chi connectivity index (χ0) is 27.1. The van der Waals surface area contributed by atoms with Gasteiger partial charge in [0.1, 0.15) is 5.75 Å². The molecule has 4 heteroatoms. The van der Waals surface area contributed by atoms with Gasteiger partial charge in [0, 0.05) is 23.9 Å². The third-order valence-electron chi connectivity index (χ3n) is 11.4. The lowest BCUT2D eigenvalue weighted by Crippen LogP contribution is -2.55. The van der Waals surface area contributed by atoms with Crippen LogP contribution in [0.25, 0.3) is 0 Å². The van der Waals surface area contributed by atoms with Gasteiger partial charge in [-0.25, -0.2) is 0 Å². The van der Waals surface area contributed by atoms with Gasteiger partial charge in [-0.1, -0.05) is 51.8 Å². The fourth-order valence-electron chi connectivity index (χ4n) is 9.41. The molecule has 0 aromatic heterocycles. The molecule has 5 rings (SSSR count). The van der Waals surface area contributed by atoms with Gasteiger partial charge in [-0.3, -0.25) is 4.79 Å². The topological polar surface area (TPSA) is 58.6 Å². The maximum absolute atomic E-state index is 12.2. The standard InChI is InChI=1S/C34H51NO3/c1-6-8-31(35-23(2)3)24-9-7-10-27(21-24)38-20-19-34-18-15-29-28(30(34)14-17-33(34,5)37)12-11-25-22-26(36)13-16-32(25,29)4/h7,9-10,21-23,28-31,35,37H,6,8,11-20H2,1-5H3/t28?,29?,30?,31?,32-,33-,34+/m0/s1. The molecule has 0 saturated heterocycles. The molecular weight excluding hydrogens is 470 g/mol. The van der Waals surface area contributed by atoms with E-state index in [9.17, 15) is 9.90 Å². The summed E-state index contributed by atoms with van der Waals surface area (Å²) in [5.41, 5.74) is 2.18. The van der Waals surface area contributed by atoms with E-state index in [0.29, 0.717) is 48.6 Å². The molecule has 4 nitrogen and oxygen atoms in total. The second-order valence-electron chi connectivity index (χ2n) is 13.8. The van der Waals surface area contributed by atoms with Crippen molar-refractivity contribution in [1.29, 1.82) is 0 Å². The van der Waals surface area contributed by atoms with E-state index in [0.717, 1.165) is 63.5 Å². The largest absolute Gasteiger partial charge is 0.494 e. The maximum Gasteiger partial charge on any atom is 0.155 e. The summed E-state index contributed by atoms with van der Waals surface area (Å²) in [6.45, 7) is 11.9. The molecule has 0 heterocycles. The zero-order valence-electron chi connectivity index (χ0n) is 24.5. The molecule has 4 unspecified atom stereocenters. The van der Waals surface area contributed by atoms with Crippen LogP contribution in [-0.2, 0) is 4.79 Å². The van der Waals surface area contributed by atoms with Crippen molar-refractivity contribution in [2.24, 2.45) is 28.6 Å². The van der Waals surface area contributed by atoms with Gasteiger partial charge in [0.05, 0.1) is 12.2 Å². The zero-order valence-corrected chi connectivity index (χ0v) is 24.5. The van der Waals surface area contributed by atoms with Crippen molar-refractivity contribution < 1.29 is 14.6 Å². The number of rotatable bonds is 9. The van der Waals surface area contributed by atoms with Gasteiger partial charge < -0.3 is 15.2 Å². The van der Waals surface area contributed by atoms with Gasteiger partial charge >= 0.3 is 0 Å². The van der Waals surface area contributed by atoms with Crippen molar-refractivity contribution in [2.45, 2.75) is 123 Å². The molecule has 4 aliphatic rings. The minimum absolute atomic E-state index is 0.0716. The number of benzene rings is 1. The van der Waals surface area contributed by atoms with Crippen LogP contribution in [0.2, 0.25) is 0 Å². The van der Waals surface area contributed by atoms with E-state index in [2.05, 4.69) is 64.2 Å². The van der Waals surface area contributed by atoms with Crippen LogP contribution in [0.1, 0.15) is 117 Å². The lowest BCUT2D eigenvalue weighted by atomic mass is 9.45. The van der Waals surface area contributed by atoms with Gasteiger partial charge in [-0.05, 0) is 112 Å². The third kappa shape index (κ3) is 4.89. The third-order valence-corrected chi connectivity index (χ3v) is 11.4. The number of aliphatic hydroxyl groups is 1. The summed E-state index contributed by atoms with van der Waals surface area (Å²) in [4.78, 5) is 12.2. The first-order valence-corrected chi connectivity index (χ1v) is 15.5. The van der Waals surface area contributed by atoms with Crippen LogP contribution in [0.5, 0.6) is 5.75 Å². The summed E-state index contributed by atoms with van der Waals surface area (Å²) in [7, 11) is 0. The first-order valence-electron chi connectivity index (χ1n) is 15.5. The van der Waals surface area contributed by atoms with E-state index < -0.39 is 5.60 Å². The highest BCUT2D eigenvalue weighted by atomic mass is 16.5. The molecule has 2 N–H and O–H groups in total. The van der Waals surface area contributed by atoms with Crippen LogP contribution in [-0.4, -0.2) is 29.1 Å². The Morgan fingerprint density at radius 1 is 1.08 bits per heavy atom. The van der Waals surface area contributed by atoms with E-state index >= 15 is 0 Å². The van der Waals surface area contributed by atoms with Gasteiger partial charge in [0.25, 0.3) is 0 Å². The monoisotopic (exact) mass is 521 g/mol. The van der Waals surface area contributed by atoms with E-state index in [4.69, 9.17) is 4.74 Å². The second-order valence-corrected chi connectivity index (χ2v) is 13.8. The molecule has 0 aliphatic heterocycles. The number of carbonyl (C=O) groups is 1. The fraction of sp³-hybridized carbons (Fsp3) is 0.735. The molecule has 1 aromatic carbocycles. The van der Waals surface area contributed by atoms with Crippen LogP contribution in [0, 0.1) is 28.6 Å². The Labute approximate surface area is 231 Å². The maximum atomic E-state index is 12.2. The Morgan fingerprint density at radius 3 is 2.63 bits per heavy atom. The first-order chi connectivity index (χ1) is 18.1. The Bertz CT molecular complexity index is 1040. The number of ketones is 1. The predicted molar refractivity (Wildman–Crippen MR) is 154 cm³/mol. The molecule has 0 spiro atoms. The van der Waals surface area contributed by atoms with Gasteiger partial charge in [-0.15, -0.1) is 0 Å². The number of fused-ring (bicyclic) bond motifs is 5. The SMILES string of the molecule is CCCC(NC(C)C)c1cccc(OCC[C@]23CCC4C(CCC5=CC(=O)CC[C@@]54C)C2CC[C@]3(C)O)c1. The first kappa shape index (κ1) is 27.9. The van der Waals surface area contributed by atoms with E-state index in [-0.39, 0.29) is 10.8 Å². The number of hydrogen-bond acceptors (Lipinski definition) is 4. The number of nitrogens with one attached hydrogen (secondary N) is 1. The summed E-state index contributed by atoms with van der Waals surface area (Å²) in [5.74, 6) is 3.11. The van der Waals surface area contributed by atoms with E-state index in [1.165, 1.54) is 17.6 Å². The molecule has 0 radical (unpaired) electrons. The highest BCUT2D eigenvalue weighted by Gasteiger charge is 2.64. The molecule has 0 amide bonds. The smallest absolute Gasteiger partial charge is 0.155 e. The van der Waals surface area contributed by atoms with Crippen molar-refractivity contribution in [1.82, 2.24) is 5.32 Å². The molecule has 210 valence electrons. The Kier molecular flexibility index (Phi) is 7.88. The average Bonchev–Trinajstić information content (AvgIpc) is 3.14. The summed E-state index contributed by atoms with van der Waals surface area (Å²) in [6.07, 6.45) is 13.4. The normalized spacial score (nSPS) is 37.3. The van der Waals surface area contributed by atoms with Crippen LogP contribution in [0.3, 0.4) is 0 Å². The van der Waals surface area contributed by atoms with Crippen molar-refractivity contribution in [3.63, 3.8) is 0 Å². The van der Waals surface area contributed by atoms with Crippen molar-refractivity contribution in [3.05, 3.63) is 41.5 Å². The molecule has 1 aromatic rings. The molecule has 4 aliphatic carbocycles. The lowest BCUT2D eigenvalue weighted by Gasteiger charge is -2.59. The number of carbonyl (C=O) groups excluding carboxylic acids is 1. The Hall–Kier alpha value is -1.65. The van der Waals surface area contributed by atoms with Crippen LogP contribution in [0.15, 0.2) is 35.9 Å². The van der Waals surface area contributed by atoms with Crippen LogP contribution < -0.4 is 10.1 Å². The summed E-state index contributed by atoms with van der Waals surface area (Å²) in [6, 6.07) is 9.42. The van der Waals surface area contributed by atoms with Gasteiger partial charge in [-0.2, -0.15) is 0 Å². The fourth-order valence-corrected chi connectivity index (χ4v) is 9.41. The molecule has 3 fully saturated rings. The minimum atomic E-state index is -0.638. The summed E-state index contributed by atoms with van der Waals surface area (Å²) in [5, 5.41) is 15.5. The van der Waals surface area contributed by atoms with E-state index in [1.807, 2.05) is 6.08 Å². The highest BCUT2D eigenvalue weighted by molar-refractivity contribution is 5.91. The van der Waals surface area contributed by atoms with Gasteiger partial charge in [0.15, 0.2) is 5.78 Å². The van der Waals surface area contributed by atoms with Crippen molar-refractivity contribution in [2.75, 3.05) is 6.61 Å². The molecule has 3 saturated carbocycles. The molecular formula is C34H51NO3. The molecule has 38 heavy (non-hydrogen) atoms. The quantitative estimate of drug-likeness (QED) is 0.352. The predicted octanol–water partition coefficient (Wildman–Crippen LogP) is 7.56. The lowest BCUT2D eigenvalue weighted by molar-refractivity contribution is -0.137. The van der Waals surface area contributed by atoms with Crippen LogP contribution in [0.4, 0.5) is 0 Å². The van der Waals surface area contributed by atoms with Crippen LogP contribution >= 0.6 is 0 Å². The second kappa shape index (κ2) is 10.7. The Morgan fingerprint density at radius 2 is 1.87 bits per heavy atom. The molecule has 0 bridgehead atoms. The average molecular weight is 522 g/mol. The van der Waals surface area contributed by atoms with Crippen molar-refractivity contribution in [3.8, 4) is 5.75 Å². The number of hydrogen-bond donors (Lipinski definition) is 2. The van der Waals surface area contributed by atoms with Crippen molar-refractivity contribution >= 4 is 5.78 Å². The summed E-state index contributed by atoms with van der Waals surface area (Å²) >= 11 is 0. The minimum Gasteiger partial charge on any atom is -0.494 e. The highest BCUT2D eigenvalue weighted by Crippen LogP contribution is 2.68. The summed E-state index contributed by atoms with van der Waals surface area (Å²) < 4.78 is 6.45. The Balaban J connectivity index is 1.31. The number of allylic oxidation sites excluding steroid dienone is 1. The number of ether oxygens (including phenoxy) is 1. The molecule has 7 atom stereocenters.